The van der Waals surface area contributed by atoms with E-state index in [2.05, 4.69) is 4.99 Å². The van der Waals surface area contributed by atoms with Crippen LogP contribution in [0.4, 0.5) is 0 Å². The molecule has 5 heteroatoms. The van der Waals surface area contributed by atoms with Crippen LogP contribution in [-0.2, 0) is 0 Å². The van der Waals surface area contributed by atoms with Gasteiger partial charge in [-0.25, -0.2) is 0 Å². The first kappa shape index (κ1) is 14.5. The molecule has 4 N–H and O–H groups in total. The molecule has 0 saturated heterocycles. The van der Waals surface area contributed by atoms with Crippen LogP contribution in [0, 0.1) is 0 Å². The van der Waals surface area contributed by atoms with Crippen molar-refractivity contribution < 1.29 is 20.4 Å². The van der Waals surface area contributed by atoms with Crippen molar-refractivity contribution >= 4 is 6.21 Å². The van der Waals surface area contributed by atoms with E-state index < -0.39 is 5.54 Å². The Morgan fingerprint density at radius 3 is 1.93 bits per heavy atom. The van der Waals surface area contributed by atoms with E-state index in [0.29, 0.717) is 0 Å². The molecule has 5 nitrogen and oxygen atoms in total. The lowest BCUT2D eigenvalue weighted by atomic mass is 10.1. The van der Waals surface area contributed by atoms with Crippen LogP contribution in [0.25, 0.3) is 0 Å². The average molecular weight is 219 g/mol. The third-order valence-corrected chi connectivity index (χ3v) is 2.24. The lowest BCUT2D eigenvalue weighted by Gasteiger charge is -2.21. The van der Waals surface area contributed by atoms with Crippen molar-refractivity contribution in [3.63, 3.8) is 0 Å². The SMILES string of the molecule is OCCCCCC=NC(CO)(CO)CO. The minimum atomic E-state index is -1.14. The van der Waals surface area contributed by atoms with E-state index in [1.807, 2.05) is 0 Å². The van der Waals surface area contributed by atoms with Gasteiger partial charge in [0.25, 0.3) is 0 Å². The van der Waals surface area contributed by atoms with Crippen molar-refractivity contribution in [1.82, 2.24) is 0 Å². The Hall–Kier alpha value is -0.490. The molecule has 0 aromatic heterocycles. The molecule has 0 bridgehead atoms. The van der Waals surface area contributed by atoms with E-state index >= 15 is 0 Å². The summed E-state index contributed by atoms with van der Waals surface area (Å²) >= 11 is 0. The maximum absolute atomic E-state index is 8.95. The second-order valence-electron chi connectivity index (χ2n) is 3.58. The zero-order valence-corrected chi connectivity index (χ0v) is 8.97. The second-order valence-corrected chi connectivity index (χ2v) is 3.58. The summed E-state index contributed by atoms with van der Waals surface area (Å²) in [5, 5.41) is 35.4. The number of aliphatic imine (C=N–C) groups is 1. The van der Waals surface area contributed by atoms with Gasteiger partial charge in [-0.15, -0.1) is 0 Å². The average Bonchev–Trinajstić information content (AvgIpc) is 2.29. The van der Waals surface area contributed by atoms with E-state index in [1.54, 1.807) is 6.21 Å². The highest BCUT2D eigenvalue weighted by Crippen LogP contribution is 2.08. The van der Waals surface area contributed by atoms with Crippen molar-refractivity contribution in [2.45, 2.75) is 31.2 Å². The molecule has 0 heterocycles. The van der Waals surface area contributed by atoms with E-state index in [0.717, 1.165) is 25.7 Å². The lowest BCUT2D eigenvalue weighted by Crippen LogP contribution is -2.39. The monoisotopic (exact) mass is 219 g/mol. The Morgan fingerprint density at radius 2 is 1.47 bits per heavy atom. The van der Waals surface area contributed by atoms with Gasteiger partial charge in [-0.05, 0) is 25.5 Å². The van der Waals surface area contributed by atoms with Gasteiger partial charge in [0, 0.05) is 6.61 Å². The third-order valence-electron chi connectivity index (χ3n) is 2.24. The van der Waals surface area contributed by atoms with Crippen LogP contribution < -0.4 is 0 Å². The second kappa shape index (κ2) is 8.79. The molecule has 0 radical (unpaired) electrons. The third kappa shape index (κ3) is 5.84. The highest BCUT2D eigenvalue weighted by Gasteiger charge is 2.25. The van der Waals surface area contributed by atoms with Crippen LogP contribution in [0.1, 0.15) is 25.7 Å². The molecule has 0 saturated carbocycles. The van der Waals surface area contributed by atoms with Gasteiger partial charge in [0.15, 0.2) is 0 Å². The molecule has 0 rings (SSSR count). The Labute approximate surface area is 90.1 Å². The first-order valence-electron chi connectivity index (χ1n) is 5.22. The Bertz CT molecular complexity index is 161. The summed E-state index contributed by atoms with van der Waals surface area (Å²) in [5.74, 6) is 0. The van der Waals surface area contributed by atoms with Crippen LogP contribution in [0.3, 0.4) is 0 Å². The highest BCUT2D eigenvalue weighted by molar-refractivity contribution is 5.57. The standard InChI is InChI=1S/C10H21NO4/c12-6-4-2-1-3-5-11-10(7-13,8-14)9-15/h5,12-15H,1-4,6-9H2. The molecule has 0 unspecified atom stereocenters. The summed E-state index contributed by atoms with van der Waals surface area (Å²) in [6.07, 6.45) is 4.94. The fourth-order valence-electron chi connectivity index (χ4n) is 1.05. The number of aliphatic hydroxyl groups excluding tert-OH is 4. The van der Waals surface area contributed by atoms with Crippen LogP contribution in [-0.4, -0.2) is 58.6 Å². The van der Waals surface area contributed by atoms with Gasteiger partial charge in [-0.3, -0.25) is 4.99 Å². The Kier molecular flexibility index (Phi) is 8.50. The molecule has 0 atom stereocenters. The molecule has 0 fully saturated rings. The van der Waals surface area contributed by atoms with Crippen LogP contribution in [0.15, 0.2) is 4.99 Å². The molecule has 0 spiro atoms. The maximum atomic E-state index is 8.95. The minimum Gasteiger partial charge on any atom is -0.396 e. The lowest BCUT2D eigenvalue weighted by molar-refractivity contribution is 0.0717. The molecular formula is C10H21NO4. The normalized spacial score (nSPS) is 12.5. The van der Waals surface area contributed by atoms with Gasteiger partial charge < -0.3 is 20.4 Å². The summed E-state index contributed by atoms with van der Waals surface area (Å²) in [5.41, 5.74) is -1.14. The number of nitrogens with zero attached hydrogens (tertiary/aromatic N) is 1. The number of hydrogen-bond acceptors (Lipinski definition) is 5. The van der Waals surface area contributed by atoms with Gasteiger partial charge in [-0.2, -0.15) is 0 Å². The van der Waals surface area contributed by atoms with E-state index in [9.17, 15) is 0 Å². The molecular weight excluding hydrogens is 198 g/mol. The predicted octanol–water partition coefficient (Wildman–Crippen LogP) is -0.674. The zero-order valence-electron chi connectivity index (χ0n) is 8.97. The summed E-state index contributed by atoms with van der Waals surface area (Å²) in [4.78, 5) is 3.97. The summed E-state index contributed by atoms with van der Waals surface area (Å²) < 4.78 is 0. The number of unbranched alkanes of at least 4 members (excludes halogenated alkanes) is 3. The van der Waals surface area contributed by atoms with Crippen molar-refractivity contribution in [2.75, 3.05) is 26.4 Å². The first-order valence-corrected chi connectivity index (χ1v) is 5.22. The van der Waals surface area contributed by atoms with Crippen molar-refractivity contribution in [3.05, 3.63) is 0 Å². The molecule has 0 aliphatic carbocycles. The molecule has 0 aliphatic rings. The summed E-state index contributed by atoms with van der Waals surface area (Å²) in [7, 11) is 0. The predicted molar refractivity (Wildman–Crippen MR) is 58.0 cm³/mol. The first-order chi connectivity index (χ1) is 7.24. The Balaban J connectivity index is 3.80. The van der Waals surface area contributed by atoms with E-state index in [1.165, 1.54) is 0 Å². The van der Waals surface area contributed by atoms with Crippen molar-refractivity contribution in [2.24, 2.45) is 4.99 Å². The number of rotatable bonds is 9. The molecule has 0 aliphatic heterocycles. The van der Waals surface area contributed by atoms with E-state index in [4.69, 9.17) is 20.4 Å². The van der Waals surface area contributed by atoms with Gasteiger partial charge >= 0.3 is 0 Å². The number of aliphatic hydroxyl groups is 4. The number of hydrogen-bond donors (Lipinski definition) is 4. The molecule has 0 amide bonds. The van der Waals surface area contributed by atoms with Gasteiger partial charge in [-0.1, -0.05) is 6.42 Å². The smallest absolute Gasteiger partial charge is 0.129 e. The molecule has 90 valence electrons. The maximum Gasteiger partial charge on any atom is 0.129 e. The van der Waals surface area contributed by atoms with Crippen molar-refractivity contribution in [1.29, 1.82) is 0 Å². The fraction of sp³-hybridized carbons (Fsp3) is 0.900. The topological polar surface area (TPSA) is 93.3 Å². The van der Waals surface area contributed by atoms with E-state index in [-0.39, 0.29) is 26.4 Å². The quantitative estimate of drug-likeness (QED) is 0.305. The largest absolute Gasteiger partial charge is 0.396 e. The fourth-order valence-corrected chi connectivity index (χ4v) is 1.05. The molecule has 0 aromatic rings. The van der Waals surface area contributed by atoms with Crippen LogP contribution >= 0.6 is 0 Å². The summed E-state index contributed by atoms with van der Waals surface area (Å²) in [6, 6.07) is 0. The van der Waals surface area contributed by atoms with Gasteiger partial charge in [0.05, 0.1) is 19.8 Å². The van der Waals surface area contributed by atoms with Gasteiger partial charge in [0.1, 0.15) is 5.54 Å². The van der Waals surface area contributed by atoms with Crippen molar-refractivity contribution in [3.8, 4) is 0 Å². The van der Waals surface area contributed by atoms with Crippen LogP contribution in [0.5, 0.6) is 0 Å². The van der Waals surface area contributed by atoms with Crippen LogP contribution in [0.2, 0.25) is 0 Å². The highest BCUT2D eigenvalue weighted by atomic mass is 16.3. The van der Waals surface area contributed by atoms with Gasteiger partial charge in [0.2, 0.25) is 0 Å². The molecule has 15 heavy (non-hydrogen) atoms. The minimum absolute atomic E-state index is 0.199. The zero-order chi connectivity index (χ0) is 11.6. The Morgan fingerprint density at radius 1 is 0.867 bits per heavy atom. The molecule has 0 aromatic carbocycles. The summed E-state index contributed by atoms with van der Waals surface area (Å²) in [6.45, 7) is -0.904.